The molecule has 2 aliphatic heterocycles. The largest absolute Gasteiger partial charge is 0.471 e. The van der Waals surface area contributed by atoms with Gasteiger partial charge in [0.1, 0.15) is 24.5 Å². The first kappa shape index (κ1) is 31.0. The molecule has 1 aromatic heterocycles. The Labute approximate surface area is 248 Å². The first-order valence-corrected chi connectivity index (χ1v) is 14.5. The molecule has 2 bridgehead atoms. The molecule has 1 saturated carbocycles. The van der Waals surface area contributed by atoms with Crippen LogP contribution in [0.2, 0.25) is 0 Å². The lowest BCUT2D eigenvalue weighted by Gasteiger charge is -2.40. The van der Waals surface area contributed by atoms with Gasteiger partial charge < -0.3 is 29.4 Å². The van der Waals surface area contributed by atoms with Crippen molar-refractivity contribution in [2.24, 2.45) is 5.41 Å². The number of aromatic nitrogens is 2. The maximum absolute atomic E-state index is 15.7. The monoisotopic (exact) mass is 604 g/mol. The van der Waals surface area contributed by atoms with Crippen molar-refractivity contribution in [3.05, 3.63) is 42.1 Å². The highest BCUT2D eigenvalue weighted by molar-refractivity contribution is 5.76. The third kappa shape index (κ3) is 6.73. The van der Waals surface area contributed by atoms with Gasteiger partial charge in [0.05, 0.1) is 36.9 Å². The fraction of sp³-hybridized carbons (Fsp3) is 0.600. The minimum absolute atomic E-state index is 0.0119. The second-order valence-electron chi connectivity index (χ2n) is 12.3. The van der Waals surface area contributed by atoms with Crippen LogP contribution in [0.5, 0.6) is 5.88 Å². The number of alkyl halides is 2. The number of carbonyl (C=O) groups excluding carboxylic acids is 2. The number of benzene rings is 1. The van der Waals surface area contributed by atoms with Crippen LogP contribution in [0.4, 0.5) is 13.6 Å². The van der Waals surface area contributed by atoms with Gasteiger partial charge in [0, 0.05) is 13.0 Å². The van der Waals surface area contributed by atoms with E-state index >= 15 is 8.78 Å². The molecule has 1 aliphatic carbocycles. The molecule has 0 spiro atoms. The zero-order valence-corrected chi connectivity index (χ0v) is 24.7. The van der Waals surface area contributed by atoms with Crippen molar-refractivity contribution in [1.29, 1.82) is 0 Å². The van der Waals surface area contributed by atoms with E-state index in [0.717, 1.165) is 6.42 Å². The summed E-state index contributed by atoms with van der Waals surface area (Å²) in [4.78, 5) is 36.0. The van der Waals surface area contributed by atoms with Gasteiger partial charge in [-0.2, -0.15) is 8.78 Å². The van der Waals surface area contributed by atoms with Gasteiger partial charge in [-0.05, 0) is 42.9 Å². The molecular formula is C30H38F2N4O7. The summed E-state index contributed by atoms with van der Waals surface area (Å²) in [6.45, 7) is 5.31. The molecular weight excluding hydrogens is 566 g/mol. The smallest absolute Gasteiger partial charge is 0.407 e. The summed E-state index contributed by atoms with van der Waals surface area (Å²) in [5.41, 5.74) is -0.747. The molecule has 2 fully saturated rings. The quantitative estimate of drug-likeness (QED) is 0.367. The van der Waals surface area contributed by atoms with Gasteiger partial charge in [-0.1, -0.05) is 39.0 Å². The number of rotatable bonds is 1. The van der Waals surface area contributed by atoms with Crippen LogP contribution in [0.15, 0.2) is 36.4 Å². The Morgan fingerprint density at radius 2 is 1.84 bits per heavy atom. The van der Waals surface area contributed by atoms with Gasteiger partial charge in [0.25, 0.3) is 0 Å². The normalized spacial score (nSPS) is 32.3. The number of methoxy groups -OCH3 is 1. The lowest BCUT2D eigenvalue weighted by atomic mass is 9.85. The van der Waals surface area contributed by atoms with Crippen molar-refractivity contribution >= 4 is 23.1 Å². The fourth-order valence-electron chi connectivity index (χ4n) is 5.91. The number of halogens is 2. The molecule has 43 heavy (non-hydrogen) atoms. The minimum atomic E-state index is -3.58. The molecule has 0 radical (unpaired) electrons. The number of aliphatic hydroxyl groups is 1. The number of hydrogen-bond acceptors (Lipinski definition) is 10. The standard InChI is InChI=1S/C30H38F2N4O7/c1-29(2,3)24-26(37)36-16-17(15-20(36)27(38)40-4)42-25-23(33-18-9-5-6-10-19(18)34-25)30(31,32)13-8-14-41-21-11-7-12-22(21)43-28(39)35-24/h5-6,8-10,13,17,20-22,24,26,37H,7,11-12,14-16H2,1-4H3,(H,35,39)/b13-8+/t17-,20+,21-,22-,24-,26?/m1/s1. The number of allylic oxidation sites excluding steroid dienone is 1. The maximum Gasteiger partial charge on any atom is 0.407 e. The summed E-state index contributed by atoms with van der Waals surface area (Å²) >= 11 is 0. The number of fused-ring (bicyclic) bond motifs is 5. The summed E-state index contributed by atoms with van der Waals surface area (Å²) < 4.78 is 54.0. The van der Waals surface area contributed by atoms with E-state index in [2.05, 4.69) is 15.3 Å². The van der Waals surface area contributed by atoms with E-state index in [1.165, 1.54) is 18.1 Å². The van der Waals surface area contributed by atoms with Crippen molar-refractivity contribution in [1.82, 2.24) is 20.2 Å². The van der Waals surface area contributed by atoms with Crippen LogP contribution in [-0.4, -0.2) is 88.9 Å². The third-order valence-corrected chi connectivity index (χ3v) is 8.14. The molecule has 5 rings (SSSR count). The van der Waals surface area contributed by atoms with E-state index in [9.17, 15) is 14.7 Å². The maximum atomic E-state index is 15.7. The zero-order valence-electron chi connectivity index (χ0n) is 24.7. The molecule has 1 amide bonds. The van der Waals surface area contributed by atoms with Crippen LogP contribution in [0.25, 0.3) is 11.0 Å². The van der Waals surface area contributed by atoms with Gasteiger partial charge in [0.15, 0.2) is 5.69 Å². The van der Waals surface area contributed by atoms with Crippen LogP contribution < -0.4 is 10.1 Å². The number of nitrogens with zero attached hydrogens (tertiary/aromatic N) is 3. The Hall–Kier alpha value is -3.42. The van der Waals surface area contributed by atoms with Crippen LogP contribution in [0, 0.1) is 5.41 Å². The third-order valence-electron chi connectivity index (χ3n) is 8.14. The van der Waals surface area contributed by atoms with Crippen LogP contribution in [-0.2, 0) is 24.9 Å². The predicted molar refractivity (Wildman–Crippen MR) is 150 cm³/mol. The first-order valence-electron chi connectivity index (χ1n) is 14.5. The Morgan fingerprint density at radius 3 is 2.53 bits per heavy atom. The number of esters is 1. The highest BCUT2D eigenvalue weighted by Crippen LogP contribution is 2.38. The van der Waals surface area contributed by atoms with Crippen LogP contribution in [0.3, 0.4) is 0 Å². The van der Waals surface area contributed by atoms with Gasteiger partial charge in [-0.25, -0.2) is 14.8 Å². The second-order valence-corrected chi connectivity index (χ2v) is 12.3. The number of nitrogens with one attached hydrogen (secondary N) is 1. The molecule has 2 aromatic rings. The molecule has 11 nitrogen and oxygen atoms in total. The number of para-hydroxylation sites is 2. The molecule has 3 heterocycles. The van der Waals surface area contributed by atoms with Gasteiger partial charge in [-0.15, -0.1) is 0 Å². The molecule has 1 saturated heterocycles. The molecule has 2 unspecified atom stereocenters. The number of hydrogen-bond donors (Lipinski definition) is 2. The average molecular weight is 605 g/mol. The number of amides is 1. The second kappa shape index (κ2) is 12.3. The topological polar surface area (TPSA) is 132 Å². The number of aliphatic hydroxyl groups excluding tert-OH is 1. The van der Waals surface area contributed by atoms with Crippen molar-refractivity contribution in [2.45, 2.75) is 89.0 Å². The van der Waals surface area contributed by atoms with E-state index < -0.39 is 65.7 Å². The molecule has 234 valence electrons. The molecule has 1 aromatic carbocycles. The van der Waals surface area contributed by atoms with Crippen molar-refractivity contribution in [2.75, 3.05) is 20.3 Å². The summed E-state index contributed by atoms with van der Waals surface area (Å²) in [6, 6.07) is 4.72. The Morgan fingerprint density at radius 1 is 1.14 bits per heavy atom. The fourth-order valence-corrected chi connectivity index (χ4v) is 5.91. The molecule has 13 heteroatoms. The summed E-state index contributed by atoms with van der Waals surface area (Å²) in [6.07, 6.45) is -0.267. The van der Waals surface area contributed by atoms with Gasteiger partial charge in [-0.3, -0.25) is 9.69 Å². The predicted octanol–water partition coefficient (Wildman–Crippen LogP) is 3.68. The molecule has 7 atom stereocenters. The summed E-state index contributed by atoms with van der Waals surface area (Å²) in [7, 11) is 1.22. The van der Waals surface area contributed by atoms with Crippen LogP contribution in [0.1, 0.15) is 52.1 Å². The minimum Gasteiger partial charge on any atom is -0.471 e. The number of carbonyl (C=O) groups is 2. The SMILES string of the molecule is COC(=O)[C@@H]1C[C@@H]2CN1C(O)[C@H](C(C)(C)C)NC(=O)O[C@@H]1CCC[C@H]1OC/C=C/C(F)(F)c1nc3ccccc3nc1O2. The van der Waals surface area contributed by atoms with Crippen molar-refractivity contribution in [3.63, 3.8) is 0 Å². The van der Waals surface area contributed by atoms with Crippen molar-refractivity contribution < 1.29 is 42.4 Å². The Bertz CT molecular complexity index is 1370. The molecule has 3 aliphatic rings. The summed E-state index contributed by atoms with van der Waals surface area (Å²) in [5.74, 6) is -4.61. The van der Waals surface area contributed by atoms with E-state index in [0.29, 0.717) is 24.4 Å². The Balaban J connectivity index is 1.56. The average Bonchev–Trinajstić information content (AvgIpc) is 3.58. The van der Waals surface area contributed by atoms with E-state index in [-0.39, 0.29) is 31.0 Å². The lowest BCUT2D eigenvalue weighted by molar-refractivity contribution is -0.152. The lowest BCUT2D eigenvalue weighted by Crippen LogP contribution is -2.60. The highest BCUT2D eigenvalue weighted by atomic mass is 19.3. The highest BCUT2D eigenvalue weighted by Gasteiger charge is 2.48. The number of alkyl carbamates (subject to hydrolysis) is 1. The molecule has 2 N–H and O–H groups in total. The van der Waals surface area contributed by atoms with E-state index in [4.69, 9.17) is 18.9 Å². The van der Waals surface area contributed by atoms with E-state index in [1.54, 1.807) is 24.3 Å². The summed E-state index contributed by atoms with van der Waals surface area (Å²) in [5, 5.41) is 14.4. The number of ether oxygens (including phenoxy) is 4. The first-order chi connectivity index (χ1) is 20.4. The van der Waals surface area contributed by atoms with Crippen LogP contribution >= 0.6 is 0 Å². The van der Waals surface area contributed by atoms with Gasteiger partial charge >= 0.3 is 18.0 Å². The van der Waals surface area contributed by atoms with Gasteiger partial charge in [0.2, 0.25) is 5.88 Å². The van der Waals surface area contributed by atoms with Crippen molar-refractivity contribution in [3.8, 4) is 5.88 Å². The van der Waals surface area contributed by atoms with E-state index in [1.807, 2.05) is 20.8 Å². The zero-order chi connectivity index (χ0) is 30.9. The Kier molecular flexibility index (Phi) is 8.87.